The summed E-state index contributed by atoms with van der Waals surface area (Å²) in [5.74, 6) is -1.00. The van der Waals surface area contributed by atoms with E-state index in [4.69, 9.17) is 0 Å². The molecule has 29 heavy (non-hydrogen) atoms. The molecule has 0 saturated carbocycles. The number of hydrogen-bond acceptors (Lipinski definition) is 3. The third-order valence-electron chi connectivity index (χ3n) is 5.79. The van der Waals surface area contributed by atoms with Crippen molar-refractivity contribution in [3.63, 3.8) is 0 Å². The molecular weight excluding hydrogens is 386 g/mol. The van der Waals surface area contributed by atoms with Gasteiger partial charge in [0.05, 0.1) is 11.2 Å². The molecule has 0 amide bonds. The quantitative estimate of drug-likeness (QED) is 0.715. The second-order valence-corrected chi connectivity index (χ2v) is 10.3. The highest BCUT2D eigenvalue weighted by molar-refractivity contribution is 7.89. The van der Waals surface area contributed by atoms with Crippen LogP contribution in [0.1, 0.15) is 30.9 Å². The van der Waals surface area contributed by atoms with Crippen molar-refractivity contribution in [1.82, 2.24) is 4.31 Å². The molecule has 2 aromatic rings. The molecule has 0 unspecified atom stereocenters. The number of rotatable bonds is 8. The van der Waals surface area contributed by atoms with E-state index < -0.39 is 21.4 Å². The van der Waals surface area contributed by atoms with E-state index in [-0.39, 0.29) is 12.2 Å². The van der Waals surface area contributed by atoms with E-state index in [0.29, 0.717) is 19.0 Å². The lowest BCUT2D eigenvalue weighted by molar-refractivity contribution is -0.146. The van der Waals surface area contributed by atoms with Crippen LogP contribution in [0, 0.1) is 11.3 Å². The number of piperidine rings is 1. The zero-order valence-electron chi connectivity index (χ0n) is 16.8. The van der Waals surface area contributed by atoms with Crippen LogP contribution in [0.3, 0.4) is 0 Å². The zero-order chi connectivity index (χ0) is 20.9. The molecule has 156 valence electrons. The Kier molecular flexibility index (Phi) is 6.75. The number of hydrogen-bond donors (Lipinski definition) is 1. The van der Waals surface area contributed by atoms with Crippen molar-refractivity contribution in [1.29, 1.82) is 0 Å². The maximum absolute atomic E-state index is 13.0. The third-order valence-corrected chi connectivity index (χ3v) is 7.94. The van der Waals surface area contributed by atoms with Gasteiger partial charge < -0.3 is 5.11 Å². The summed E-state index contributed by atoms with van der Waals surface area (Å²) in [7, 11) is -3.65. The Morgan fingerprint density at radius 1 is 1.00 bits per heavy atom. The first-order valence-corrected chi connectivity index (χ1v) is 11.7. The van der Waals surface area contributed by atoms with Crippen LogP contribution in [-0.4, -0.2) is 42.6 Å². The lowest BCUT2D eigenvalue weighted by atomic mass is 9.86. The van der Waals surface area contributed by atoms with Gasteiger partial charge in [-0.25, -0.2) is 12.7 Å². The van der Waals surface area contributed by atoms with Crippen molar-refractivity contribution in [3.05, 3.63) is 71.8 Å². The molecule has 1 aliphatic rings. The van der Waals surface area contributed by atoms with Gasteiger partial charge in [0, 0.05) is 13.1 Å². The average Bonchev–Trinajstić information content (AvgIpc) is 2.69. The van der Waals surface area contributed by atoms with Gasteiger partial charge in [-0.3, -0.25) is 4.79 Å². The molecule has 1 heterocycles. The van der Waals surface area contributed by atoms with Gasteiger partial charge in [0.1, 0.15) is 0 Å². The summed E-state index contributed by atoms with van der Waals surface area (Å²) in [6, 6.07) is 19.4. The van der Waals surface area contributed by atoms with E-state index in [9.17, 15) is 18.3 Å². The largest absolute Gasteiger partial charge is 0.481 e. The Labute approximate surface area is 173 Å². The minimum Gasteiger partial charge on any atom is -0.481 e. The van der Waals surface area contributed by atoms with Crippen molar-refractivity contribution in [2.24, 2.45) is 11.3 Å². The molecule has 0 bridgehead atoms. The highest BCUT2D eigenvalue weighted by Gasteiger charge is 2.41. The van der Waals surface area contributed by atoms with Crippen LogP contribution in [-0.2, 0) is 27.7 Å². The molecule has 1 aliphatic heterocycles. The molecule has 1 fully saturated rings. The number of carboxylic acid groups (broad SMARTS) is 1. The molecule has 0 radical (unpaired) electrons. The fraction of sp³-hybridized carbons (Fsp3) is 0.435. The van der Waals surface area contributed by atoms with Crippen LogP contribution >= 0.6 is 0 Å². The first-order chi connectivity index (χ1) is 13.8. The van der Waals surface area contributed by atoms with Gasteiger partial charge in [-0.15, -0.1) is 0 Å². The second-order valence-electron chi connectivity index (χ2n) is 8.32. The van der Waals surface area contributed by atoms with Crippen molar-refractivity contribution < 1.29 is 18.3 Å². The Bertz CT molecular complexity index is 906. The van der Waals surface area contributed by atoms with Gasteiger partial charge in [0.25, 0.3) is 0 Å². The van der Waals surface area contributed by atoms with E-state index in [1.165, 1.54) is 16.8 Å². The molecule has 1 atom stereocenters. The van der Waals surface area contributed by atoms with E-state index >= 15 is 0 Å². The maximum Gasteiger partial charge on any atom is 0.310 e. The minimum atomic E-state index is -3.65. The first kappa shape index (κ1) is 21.5. The topological polar surface area (TPSA) is 74.7 Å². The Morgan fingerprint density at radius 2 is 1.52 bits per heavy atom. The Balaban J connectivity index is 1.63. The van der Waals surface area contributed by atoms with E-state index in [2.05, 4.69) is 12.1 Å². The fourth-order valence-electron chi connectivity index (χ4n) is 4.07. The van der Waals surface area contributed by atoms with E-state index in [1.807, 2.05) is 48.5 Å². The minimum absolute atomic E-state index is 0.187. The zero-order valence-corrected chi connectivity index (χ0v) is 17.6. The number of carboxylic acids is 1. The number of benzene rings is 2. The highest BCUT2D eigenvalue weighted by Crippen LogP contribution is 2.29. The molecule has 0 aliphatic carbocycles. The summed E-state index contributed by atoms with van der Waals surface area (Å²) in [4.78, 5) is 12.0. The summed E-state index contributed by atoms with van der Waals surface area (Å²) in [6.45, 7) is 2.45. The molecule has 1 saturated heterocycles. The van der Waals surface area contributed by atoms with Gasteiger partial charge in [-0.1, -0.05) is 60.7 Å². The van der Waals surface area contributed by atoms with E-state index in [1.54, 1.807) is 0 Å². The highest BCUT2D eigenvalue weighted by atomic mass is 32.2. The van der Waals surface area contributed by atoms with Gasteiger partial charge in [0.2, 0.25) is 10.0 Å². The van der Waals surface area contributed by atoms with Crippen LogP contribution < -0.4 is 0 Å². The van der Waals surface area contributed by atoms with E-state index in [0.717, 1.165) is 24.8 Å². The van der Waals surface area contributed by atoms with Crippen LogP contribution in [0.4, 0.5) is 0 Å². The molecule has 1 N–H and O–H groups in total. The predicted octanol–water partition coefficient (Wildman–Crippen LogP) is 3.60. The number of nitrogens with zero attached hydrogens (tertiary/aromatic N) is 1. The third kappa shape index (κ3) is 5.67. The second kappa shape index (κ2) is 9.09. The first-order valence-electron chi connectivity index (χ1n) is 10.1. The molecule has 6 heteroatoms. The number of aliphatic carboxylic acids is 1. The molecule has 0 spiro atoms. The van der Waals surface area contributed by atoms with Crippen LogP contribution in [0.5, 0.6) is 0 Å². The normalized spacial score (nSPS) is 18.2. The fourth-order valence-corrected chi connectivity index (χ4v) is 6.05. The van der Waals surface area contributed by atoms with Crippen LogP contribution in [0.2, 0.25) is 0 Å². The molecule has 0 aromatic heterocycles. The summed E-state index contributed by atoms with van der Waals surface area (Å²) < 4.78 is 27.5. The summed E-state index contributed by atoms with van der Waals surface area (Å²) in [5.41, 5.74) is 0.741. The van der Waals surface area contributed by atoms with Gasteiger partial charge >= 0.3 is 5.97 Å². The van der Waals surface area contributed by atoms with Crippen molar-refractivity contribution in [3.8, 4) is 0 Å². The number of carbonyl (C=O) groups is 1. The monoisotopic (exact) mass is 415 g/mol. The standard InChI is InChI=1S/C23H29NO4S/c1-23(22(25)26,17-21-10-6-3-7-11-21)18-29(27,28)24-14-12-20(13-15-24)16-19-8-4-2-5-9-19/h2-11,20H,12-18H2,1H3,(H,25,26)/t23-/m0/s1. The van der Waals surface area contributed by atoms with Gasteiger partial charge in [0.15, 0.2) is 0 Å². The van der Waals surface area contributed by atoms with Crippen LogP contribution in [0.15, 0.2) is 60.7 Å². The van der Waals surface area contributed by atoms with Crippen molar-refractivity contribution in [2.75, 3.05) is 18.8 Å². The van der Waals surface area contributed by atoms with Gasteiger partial charge in [-0.05, 0) is 49.7 Å². The average molecular weight is 416 g/mol. The Morgan fingerprint density at radius 3 is 2.03 bits per heavy atom. The molecule has 3 rings (SSSR count). The summed E-state index contributed by atoms with van der Waals surface area (Å²) in [5, 5.41) is 9.78. The predicted molar refractivity (Wildman–Crippen MR) is 114 cm³/mol. The Hall–Kier alpha value is -2.18. The SMILES string of the molecule is C[C@](Cc1ccccc1)(CS(=O)(=O)N1CCC(Cc2ccccc2)CC1)C(=O)O. The molecular formula is C23H29NO4S. The summed E-state index contributed by atoms with van der Waals surface area (Å²) >= 11 is 0. The van der Waals surface area contributed by atoms with Crippen molar-refractivity contribution >= 4 is 16.0 Å². The van der Waals surface area contributed by atoms with Crippen LogP contribution in [0.25, 0.3) is 0 Å². The lowest BCUT2D eigenvalue weighted by Gasteiger charge is -2.34. The summed E-state index contributed by atoms with van der Waals surface area (Å²) in [6.07, 6.45) is 2.75. The molecule has 2 aromatic carbocycles. The lowest BCUT2D eigenvalue weighted by Crippen LogP contribution is -2.46. The maximum atomic E-state index is 13.0. The van der Waals surface area contributed by atoms with Crippen molar-refractivity contribution in [2.45, 2.75) is 32.6 Å². The van der Waals surface area contributed by atoms with Gasteiger partial charge in [-0.2, -0.15) is 0 Å². The smallest absolute Gasteiger partial charge is 0.310 e. The number of sulfonamides is 1. The molecule has 5 nitrogen and oxygen atoms in total.